The summed E-state index contributed by atoms with van der Waals surface area (Å²) in [4.78, 5) is 22.9. The van der Waals surface area contributed by atoms with Crippen LogP contribution >= 0.6 is 0 Å². The summed E-state index contributed by atoms with van der Waals surface area (Å²) in [5.74, 6) is -0.640. The number of rotatable bonds is 4. The van der Waals surface area contributed by atoms with Crippen LogP contribution in [-0.2, 0) is 23.2 Å². The van der Waals surface area contributed by atoms with Crippen LogP contribution in [0.4, 0.5) is 11.4 Å². The van der Waals surface area contributed by atoms with Crippen molar-refractivity contribution in [1.29, 1.82) is 0 Å². The number of benzene rings is 1. The van der Waals surface area contributed by atoms with E-state index in [9.17, 15) is 14.8 Å². The molecule has 2 N–H and O–H groups in total. The van der Waals surface area contributed by atoms with E-state index in [-0.39, 0.29) is 12.5 Å². The zero-order valence-electron chi connectivity index (χ0n) is 11.9. The molecule has 1 heterocycles. The summed E-state index contributed by atoms with van der Waals surface area (Å²) in [5, 5.41) is 13.1. The number of nitrogens with one attached hydrogen (secondary N) is 1. The minimum atomic E-state index is -0.460. The topological polar surface area (TPSA) is 78.5 Å². The van der Waals surface area contributed by atoms with Crippen LogP contribution < -0.4 is 14.9 Å². The van der Waals surface area contributed by atoms with Gasteiger partial charge in [0.1, 0.15) is 12.4 Å². The Hall–Kier alpha value is -2.67. The van der Waals surface area contributed by atoms with Crippen molar-refractivity contribution in [2.24, 2.45) is 7.05 Å². The molecular formula is C14H17N4O3+. The van der Waals surface area contributed by atoms with Gasteiger partial charge in [0, 0.05) is 12.6 Å². The van der Waals surface area contributed by atoms with Gasteiger partial charge in [0.15, 0.2) is 6.54 Å². The molecule has 21 heavy (non-hydrogen) atoms. The fourth-order valence-corrected chi connectivity index (χ4v) is 1.85. The molecule has 1 aromatic heterocycles. The van der Waals surface area contributed by atoms with E-state index in [4.69, 9.17) is 0 Å². The zero-order valence-corrected chi connectivity index (χ0v) is 11.9. The van der Waals surface area contributed by atoms with E-state index in [0.717, 1.165) is 0 Å². The highest BCUT2D eigenvalue weighted by Crippen LogP contribution is 2.17. The van der Waals surface area contributed by atoms with Crippen LogP contribution in [-0.4, -0.2) is 21.6 Å². The van der Waals surface area contributed by atoms with E-state index in [1.54, 1.807) is 52.1 Å². The number of carbonyl (C=O) groups excluding carboxylic acids is 2. The molecule has 0 aliphatic carbocycles. The monoisotopic (exact) mass is 289 g/mol. The first kappa shape index (κ1) is 14.7. The second kappa shape index (κ2) is 6.19. The highest BCUT2D eigenvalue weighted by Gasteiger charge is 2.16. The number of carbonyl (C=O) groups is 2. The lowest BCUT2D eigenvalue weighted by Crippen LogP contribution is -2.31. The lowest BCUT2D eigenvalue weighted by atomic mass is 10.2. The Balaban J connectivity index is 2.03. The molecule has 0 aliphatic rings. The van der Waals surface area contributed by atoms with Crippen molar-refractivity contribution < 1.29 is 19.4 Å². The first-order chi connectivity index (χ1) is 9.95. The molecule has 0 spiro atoms. The quantitative estimate of drug-likeness (QED) is 0.494. The number of imidazole rings is 1. The molecule has 110 valence electrons. The van der Waals surface area contributed by atoms with Crippen molar-refractivity contribution in [2.45, 2.75) is 13.5 Å². The van der Waals surface area contributed by atoms with Gasteiger partial charge in [0.05, 0.1) is 12.7 Å². The van der Waals surface area contributed by atoms with Crippen molar-refractivity contribution >= 4 is 23.2 Å². The number of aromatic nitrogens is 2. The van der Waals surface area contributed by atoms with Crippen molar-refractivity contribution in [3.63, 3.8) is 0 Å². The van der Waals surface area contributed by atoms with E-state index in [1.165, 1.54) is 6.92 Å². The fourth-order valence-electron chi connectivity index (χ4n) is 1.85. The number of hydrogen-bond acceptors (Lipinski definition) is 3. The Kier molecular flexibility index (Phi) is 4.34. The lowest BCUT2D eigenvalue weighted by Gasteiger charge is -2.14. The Morgan fingerprint density at radius 1 is 1.33 bits per heavy atom. The van der Waals surface area contributed by atoms with Gasteiger partial charge >= 0.3 is 0 Å². The molecule has 7 heteroatoms. The van der Waals surface area contributed by atoms with Gasteiger partial charge in [0.2, 0.25) is 12.2 Å². The van der Waals surface area contributed by atoms with Crippen LogP contribution in [0.15, 0.2) is 43.0 Å². The summed E-state index contributed by atoms with van der Waals surface area (Å²) in [6.45, 7) is 1.44. The number of anilines is 2. The summed E-state index contributed by atoms with van der Waals surface area (Å²) < 4.78 is 3.47. The number of nitrogens with zero attached hydrogens (tertiary/aromatic N) is 3. The summed E-state index contributed by atoms with van der Waals surface area (Å²) >= 11 is 0. The average Bonchev–Trinajstić information content (AvgIpc) is 2.83. The fraction of sp³-hybridized carbons (Fsp3) is 0.214. The first-order valence-electron chi connectivity index (χ1n) is 6.36. The highest BCUT2D eigenvalue weighted by atomic mass is 16.5. The highest BCUT2D eigenvalue weighted by molar-refractivity contribution is 5.92. The van der Waals surface area contributed by atoms with Crippen LogP contribution in [0.25, 0.3) is 0 Å². The summed E-state index contributed by atoms with van der Waals surface area (Å²) in [7, 11) is 1.85. The maximum Gasteiger partial charge on any atom is 0.292 e. The van der Waals surface area contributed by atoms with E-state index >= 15 is 0 Å². The molecule has 0 aliphatic heterocycles. The second-order valence-corrected chi connectivity index (χ2v) is 4.69. The molecule has 2 aromatic rings. The van der Waals surface area contributed by atoms with E-state index < -0.39 is 5.91 Å². The van der Waals surface area contributed by atoms with Crippen LogP contribution in [0.3, 0.4) is 0 Å². The van der Waals surface area contributed by atoms with Crippen LogP contribution in [0.5, 0.6) is 0 Å². The average molecular weight is 289 g/mol. The normalized spacial score (nSPS) is 10.2. The third kappa shape index (κ3) is 3.90. The molecule has 7 nitrogen and oxygen atoms in total. The van der Waals surface area contributed by atoms with Gasteiger partial charge in [-0.2, -0.15) is 5.06 Å². The van der Waals surface area contributed by atoms with E-state index in [0.29, 0.717) is 16.4 Å². The third-order valence-corrected chi connectivity index (χ3v) is 2.81. The van der Waals surface area contributed by atoms with Gasteiger partial charge in [-0.1, -0.05) is 0 Å². The standard InChI is InChI=1S/C14H16N4O3/c1-11(19)15-12-3-5-13(6-4-12)18(21)14(20)9-17-8-7-16(2)10-17/h3-8,10,21H,9H2,1-2H3/p+1. The molecule has 2 rings (SSSR count). The van der Waals surface area contributed by atoms with Gasteiger partial charge in [-0.25, -0.2) is 9.13 Å². The molecule has 0 fully saturated rings. The number of aryl methyl sites for hydroxylation is 1. The molecule has 0 unspecified atom stereocenters. The van der Waals surface area contributed by atoms with Crippen molar-refractivity contribution in [1.82, 2.24) is 4.57 Å². The third-order valence-electron chi connectivity index (χ3n) is 2.81. The maximum absolute atomic E-state index is 12.0. The predicted molar refractivity (Wildman–Crippen MR) is 75.6 cm³/mol. The molecular weight excluding hydrogens is 272 g/mol. The predicted octanol–water partition coefficient (Wildman–Crippen LogP) is 0.693. The van der Waals surface area contributed by atoms with Gasteiger partial charge in [0.25, 0.3) is 5.91 Å². The minimum absolute atomic E-state index is 0.0325. The van der Waals surface area contributed by atoms with Crippen molar-refractivity contribution in [3.8, 4) is 0 Å². The van der Waals surface area contributed by atoms with E-state index in [1.807, 2.05) is 7.05 Å². The van der Waals surface area contributed by atoms with Crippen LogP contribution in [0.1, 0.15) is 6.92 Å². The van der Waals surface area contributed by atoms with Crippen LogP contribution in [0.2, 0.25) is 0 Å². The Labute approximate surface area is 122 Å². The van der Waals surface area contributed by atoms with Gasteiger partial charge < -0.3 is 5.32 Å². The summed E-state index contributed by atoms with van der Waals surface area (Å²) in [6.07, 6.45) is 5.29. The summed E-state index contributed by atoms with van der Waals surface area (Å²) in [6, 6.07) is 6.34. The summed E-state index contributed by atoms with van der Waals surface area (Å²) in [5.41, 5.74) is 0.940. The SMILES string of the molecule is CC(=O)Nc1ccc(N(O)C(=O)Cn2cc[n+](C)c2)cc1. The van der Waals surface area contributed by atoms with Gasteiger partial charge in [-0.05, 0) is 24.3 Å². The Morgan fingerprint density at radius 3 is 2.52 bits per heavy atom. The molecule has 0 saturated carbocycles. The number of hydroxylamine groups is 1. The van der Waals surface area contributed by atoms with E-state index in [2.05, 4.69) is 5.32 Å². The molecule has 0 bridgehead atoms. The van der Waals surface area contributed by atoms with Crippen molar-refractivity contribution in [3.05, 3.63) is 43.0 Å². The molecule has 0 saturated heterocycles. The molecule has 0 atom stereocenters. The Bertz CT molecular complexity index is 648. The van der Waals surface area contributed by atoms with Crippen molar-refractivity contribution in [2.75, 3.05) is 10.4 Å². The van der Waals surface area contributed by atoms with Crippen LogP contribution in [0, 0.1) is 0 Å². The lowest BCUT2D eigenvalue weighted by molar-refractivity contribution is -0.671. The number of hydrogen-bond donors (Lipinski definition) is 2. The second-order valence-electron chi connectivity index (χ2n) is 4.69. The Morgan fingerprint density at radius 2 is 2.00 bits per heavy atom. The van der Waals surface area contributed by atoms with Gasteiger partial charge in [-0.3, -0.25) is 14.8 Å². The smallest absolute Gasteiger partial charge is 0.292 e. The largest absolute Gasteiger partial charge is 0.326 e. The first-order valence-corrected chi connectivity index (χ1v) is 6.36. The molecule has 0 radical (unpaired) electrons. The molecule has 2 amide bonds. The minimum Gasteiger partial charge on any atom is -0.326 e. The van der Waals surface area contributed by atoms with Gasteiger partial charge in [-0.15, -0.1) is 0 Å². The molecule has 1 aromatic carbocycles. The zero-order chi connectivity index (χ0) is 15.4. The maximum atomic E-state index is 12.0. The number of amides is 2.